The predicted molar refractivity (Wildman–Crippen MR) is 248 cm³/mol. The van der Waals surface area contributed by atoms with Crippen LogP contribution in [0.5, 0.6) is 0 Å². The lowest BCUT2D eigenvalue weighted by Crippen LogP contribution is -2.21. The van der Waals surface area contributed by atoms with Gasteiger partial charge in [-0.1, -0.05) is 229 Å². The zero-order valence-electron chi connectivity index (χ0n) is 41.1. The molecule has 0 atom stereocenters. The average molecular weight is 731 g/mol. The van der Waals surface area contributed by atoms with Gasteiger partial charge < -0.3 is 0 Å². The first-order valence-electron chi connectivity index (χ1n) is 20.1. The number of hydrogen-bond donors (Lipinski definition) is 0. The van der Waals surface area contributed by atoms with Crippen molar-refractivity contribution in [2.24, 2.45) is 10.8 Å². The van der Waals surface area contributed by atoms with Crippen molar-refractivity contribution in [3.63, 3.8) is 0 Å². The van der Waals surface area contributed by atoms with Crippen LogP contribution in [-0.2, 0) is 21.7 Å². The molecule has 2 rings (SSSR count). The number of hydrogen-bond acceptors (Lipinski definition) is 4. The monoisotopic (exact) mass is 731 g/mol. The maximum absolute atomic E-state index is 4.60. The van der Waals surface area contributed by atoms with Gasteiger partial charge in [0.1, 0.15) is 11.6 Å². The molecule has 0 radical (unpaired) electrons. The lowest BCUT2D eigenvalue weighted by Gasteiger charge is -2.22. The van der Waals surface area contributed by atoms with Crippen molar-refractivity contribution in [3.05, 3.63) is 47.6 Å². The fourth-order valence-corrected chi connectivity index (χ4v) is 2.28. The fraction of sp³-hybridized carbons (Fsp3) is 0.830. The van der Waals surface area contributed by atoms with Crippen LogP contribution in [0.4, 0.5) is 0 Å². The van der Waals surface area contributed by atoms with Crippen LogP contribution in [0.25, 0.3) is 0 Å². The lowest BCUT2D eigenvalue weighted by atomic mass is 9.90. The Hall–Kier alpha value is -1.84. The standard InChI is InChI=1S/2C12H20N2.2C5H12.6C2H6.CH4.2H2/c2*1-11(2,3)9-7-8-13-10(14-9)12(4,5)6;2*1-5(2,3)4;6*1-2;;;/h2*7-8H,1-6H3;2*1-4H3;6*1-2H3;1H4;2*1H/i;;;;;;;;;;;2*1+1. The van der Waals surface area contributed by atoms with E-state index in [1.165, 1.54) is 0 Å². The van der Waals surface area contributed by atoms with E-state index < -0.39 is 0 Å². The molecule has 0 aromatic carbocycles. The molecule has 0 fully saturated rings. The van der Waals surface area contributed by atoms with Crippen LogP contribution in [0.15, 0.2) is 24.5 Å². The maximum Gasteiger partial charge on any atom is 0.133 e. The van der Waals surface area contributed by atoms with E-state index >= 15 is 0 Å². The highest BCUT2D eigenvalue weighted by molar-refractivity contribution is 5.16. The van der Waals surface area contributed by atoms with Crippen molar-refractivity contribution in [3.8, 4) is 0 Å². The Morgan fingerprint density at radius 2 is 0.490 bits per heavy atom. The minimum atomic E-state index is 0. The first-order chi connectivity index (χ1) is 22.4. The maximum atomic E-state index is 4.60. The molecule has 51 heavy (non-hydrogen) atoms. The number of aromatic nitrogens is 4. The average Bonchev–Trinajstić information content (AvgIpc) is 3.00. The molecular weight excluding hydrogens is 621 g/mol. The summed E-state index contributed by atoms with van der Waals surface area (Å²) in [6, 6.07) is 3.99. The second-order valence-corrected chi connectivity index (χ2v) is 17.5. The van der Waals surface area contributed by atoms with Crippen molar-refractivity contribution < 1.29 is 2.85 Å². The Labute approximate surface area is 331 Å². The third-order valence-electron chi connectivity index (χ3n) is 4.19. The Bertz CT molecular complexity index is 797. The SMILES string of the molecule is C.CC.CC.CC.CC.CC.CC.CC(C)(C)C.CC(C)(C)C.CC(C)(C)c1ccnc(C(C)(C)C)n1.CC(C)(C)c1ccnc(C(C)(C)C)n1.[2HH].[2HH]. The van der Waals surface area contributed by atoms with E-state index in [0.29, 0.717) is 10.8 Å². The van der Waals surface area contributed by atoms with Gasteiger partial charge in [0, 0.05) is 48.3 Å². The van der Waals surface area contributed by atoms with Gasteiger partial charge in [0.25, 0.3) is 0 Å². The second kappa shape index (κ2) is 36.5. The molecule has 0 N–H and O–H groups in total. The van der Waals surface area contributed by atoms with Gasteiger partial charge in [0.2, 0.25) is 0 Å². The predicted octanol–water partition coefficient (Wildman–Crippen LogP) is 17.5. The van der Waals surface area contributed by atoms with Gasteiger partial charge in [-0.25, -0.2) is 19.9 Å². The van der Waals surface area contributed by atoms with Crippen LogP contribution in [0.1, 0.15) is 255 Å². The topological polar surface area (TPSA) is 51.6 Å². The molecule has 4 heteroatoms. The van der Waals surface area contributed by atoms with Crippen molar-refractivity contribution in [1.82, 2.24) is 19.9 Å². The number of nitrogens with zero attached hydrogens (tertiary/aromatic N) is 4. The van der Waals surface area contributed by atoms with Crippen LogP contribution in [0, 0.1) is 10.8 Å². The van der Waals surface area contributed by atoms with Crippen molar-refractivity contribution in [2.75, 3.05) is 0 Å². The summed E-state index contributed by atoms with van der Waals surface area (Å²) < 4.78 is 0. The van der Waals surface area contributed by atoms with Gasteiger partial charge >= 0.3 is 0 Å². The first-order valence-corrected chi connectivity index (χ1v) is 20.1. The normalized spacial score (nSPS) is 10.2. The third kappa shape index (κ3) is 57.7. The van der Waals surface area contributed by atoms with Crippen LogP contribution >= 0.6 is 0 Å². The van der Waals surface area contributed by atoms with E-state index in [1.54, 1.807) is 0 Å². The lowest BCUT2D eigenvalue weighted by molar-refractivity contribution is 0.469. The van der Waals surface area contributed by atoms with Gasteiger partial charge in [-0.3, -0.25) is 0 Å². The molecule has 2 heterocycles. The summed E-state index contributed by atoms with van der Waals surface area (Å²) in [5, 5.41) is 0. The molecule has 0 aliphatic carbocycles. The van der Waals surface area contributed by atoms with Crippen molar-refractivity contribution in [1.29, 1.82) is 0 Å². The summed E-state index contributed by atoms with van der Waals surface area (Å²) in [4.78, 5) is 17.8. The summed E-state index contributed by atoms with van der Waals surface area (Å²) in [7, 11) is 0. The Morgan fingerprint density at radius 1 is 0.333 bits per heavy atom. The zero-order chi connectivity index (χ0) is 43.0. The molecule has 0 spiro atoms. The first kappa shape index (κ1) is 70.7. The summed E-state index contributed by atoms with van der Waals surface area (Å²) >= 11 is 0. The number of rotatable bonds is 0. The summed E-state index contributed by atoms with van der Waals surface area (Å²) in [6.07, 6.45) is 3.71. The quantitative estimate of drug-likeness (QED) is 0.271. The highest BCUT2D eigenvalue weighted by atomic mass is 14.9. The summed E-state index contributed by atoms with van der Waals surface area (Å²) in [5.41, 5.74) is 3.48. The van der Waals surface area contributed by atoms with Crippen LogP contribution < -0.4 is 0 Å². The van der Waals surface area contributed by atoms with E-state index in [4.69, 9.17) is 0 Å². The molecule has 0 unspecified atom stereocenters. The zero-order valence-corrected chi connectivity index (χ0v) is 41.1. The Balaban J connectivity index is -0.0000000468. The molecule has 0 aliphatic rings. The van der Waals surface area contributed by atoms with E-state index in [2.05, 4.69) is 158 Å². The van der Waals surface area contributed by atoms with E-state index in [-0.39, 0.29) is 31.9 Å². The highest BCUT2D eigenvalue weighted by Crippen LogP contribution is 2.24. The smallest absolute Gasteiger partial charge is 0.133 e. The minimum Gasteiger partial charge on any atom is -0.241 e. The van der Waals surface area contributed by atoms with Crippen molar-refractivity contribution >= 4 is 0 Å². The highest BCUT2D eigenvalue weighted by Gasteiger charge is 2.22. The van der Waals surface area contributed by atoms with Gasteiger partial charge in [-0.2, -0.15) is 0 Å². The van der Waals surface area contributed by atoms with Crippen LogP contribution in [0.2, 0.25) is 0 Å². The molecule has 4 nitrogen and oxygen atoms in total. The molecule has 0 saturated carbocycles. The van der Waals surface area contributed by atoms with Crippen molar-refractivity contribution in [2.45, 2.75) is 251 Å². The molecule has 2 aromatic rings. The fourth-order valence-electron chi connectivity index (χ4n) is 2.28. The molecule has 2 aromatic heterocycles. The summed E-state index contributed by atoms with van der Waals surface area (Å²) in [6.45, 7) is 67.3. The van der Waals surface area contributed by atoms with Gasteiger partial charge in [0.15, 0.2) is 0 Å². The molecular formula is C47H108N4. The summed E-state index contributed by atoms with van der Waals surface area (Å²) in [5.74, 6) is 1.84. The Kier molecular flexibility index (Phi) is 50.6. The van der Waals surface area contributed by atoms with E-state index in [0.717, 1.165) is 23.0 Å². The molecule has 0 aliphatic heterocycles. The van der Waals surface area contributed by atoms with Gasteiger partial charge in [-0.05, 0) is 23.0 Å². The van der Waals surface area contributed by atoms with E-state index in [9.17, 15) is 0 Å². The van der Waals surface area contributed by atoms with Gasteiger partial charge in [0.05, 0.1) is 0 Å². The minimum absolute atomic E-state index is 0. The second-order valence-electron chi connectivity index (χ2n) is 17.5. The molecule has 0 bridgehead atoms. The Morgan fingerprint density at radius 3 is 0.608 bits per heavy atom. The third-order valence-corrected chi connectivity index (χ3v) is 4.19. The van der Waals surface area contributed by atoms with Gasteiger partial charge in [-0.15, -0.1) is 0 Å². The van der Waals surface area contributed by atoms with E-state index in [1.807, 2.05) is 108 Å². The largest absolute Gasteiger partial charge is 0.241 e. The van der Waals surface area contributed by atoms with Crippen LogP contribution in [0.3, 0.4) is 0 Å². The van der Waals surface area contributed by atoms with Crippen LogP contribution in [-0.4, -0.2) is 19.9 Å². The molecule has 0 saturated heterocycles. The molecule has 316 valence electrons. The molecule has 0 amide bonds.